The lowest BCUT2D eigenvalue weighted by molar-refractivity contribution is 0.120. The van der Waals surface area contributed by atoms with Crippen LogP contribution in [0.5, 0.6) is 5.75 Å². The minimum absolute atomic E-state index is 0.105. The third-order valence-corrected chi connectivity index (χ3v) is 6.02. The third kappa shape index (κ3) is 4.70. The van der Waals surface area contributed by atoms with E-state index in [1.165, 1.54) is 13.3 Å². The molecule has 0 aliphatic carbocycles. The molecule has 2 N–H and O–H groups in total. The molecule has 2 heterocycles. The van der Waals surface area contributed by atoms with E-state index in [0.29, 0.717) is 23.8 Å². The second-order valence-electron chi connectivity index (χ2n) is 6.64. The zero-order valence-corrected chi connectivity index (χ0v) is 16.6. The summed E-state index contributed by atoms with van der Waals surface area (Å²) in [6.07, 6.45) is 3.83. The van der Waals surface area contributed by atoms with Gasteiger partial charge in [-0.3, -0.25) is 4.72 Å². The number of nitrogens with one attached hydrogen (secondary N) is 2. The maximum Gasteiger partial charge on any atom is 0.265 e. The summed E-state index contributed by atoms with van der Waals surface area (Å²) in [5, 5.41) is 3.21. The zero-order chi connectivity index (χ0) is 19.4. The summed E-state index contributed by atoms with van der Waals surface area (Å²) >= 11 is 0. The topological polar surface area (TPSA) is 89.6 Å². The van der Waals surface area contributed by atoms with Crippen molar-refractivity contribution >= 4 is 21.5 Å². The number of hydrogen-bond donors (Lipinski definition) is 2. The first-order chi connectivity index (χ1) is 12.9. The zero-order valence-electron chi connectivity index (χ0n) is 15.8. The largest absolute Gasteiger partial charge is 0.495 e. The number of hydrogen-bond acceptors (Lipinski definition) is 6. The lowest BCUT2D eigenvalue weighted by Gasteiger charge is -2.14. The van der Waals surface area contributed by atoms with Gasteiger partial charge >= 0.3 is 0 Å². The third-order valence-electron chi connectivity index (χ3n) is 4.62. The molecule has 1 aliphatic heterocycles. The predicted octanol–water partition coefficient (Wildman–Crippen LogP) is 3.10. The Balaban J connectivity index is 1.71. The van der Waals surface area contributed by atoms with E-state index in [1.807, 2.05) is 13.8 Å². The summed E-state index contributed by atoms with van der Waals surface area (Å²) in [7, 11) is -2.33. The van der Waals surface area contributed by atoms with Crippen molar-refractivity contribution in [1.29, 1.82) is 0 Å². The SMILES string of the molecule is COc1cc(C)c(C)cc1S(=O)(=O)Nc1ccc(NCC2CCCO2)nc1. The minimum Gasteiger partial charge on any atom is -0.495 e. The fraction of sp³-hybridized carbons (Fsp3) is 0.421. The minimum atomic E-state index is -3.79. The van der Waals surface area contributed by atoms with Crippen molar-refractivity contribution in [3.8, 4) is 5.75 Å². The number of sulfonamides is 1. The van der Waals surface area contributed by atoms with Gasteiger partial charge in [0.15, 0.2) is 0 Å². The average Bonchev–Trinajstić information content (AvgIpc) is 3.16. The molecule has 1 atom stereocenters. The van der Waals surface area contributed by atoms with Crippen LogP contribution >= 0.6 is 0 Å². The van der Waals surface area contributed by atoms with Gasteiger partial charge in [0.25, 0.3) is 10.0 Å². The van der Waals surface area contributed by atoms with Gasteiger partial charge < -0.3 is 14.8 Å². The number of anilines is 2. The molecule has 1 fully saturated rings. The molecule has 1 aromatic heterocycles. The maximum atomic E-state index is 12.8. The smallest absolute Gasteiger partial charge is 0.265 e. The molecular weight excluding hydrogens is 366 g/mol. The van der Waals surface area contributed by atoms with Crippen LogP contribution in [0.4, 0.5) is 11.5 Å². The maximum absolute atomic E-state index is 12.8. The number of ether oxygens (including phenoxy) is 2. The molecule has 0 saturated carbocycles. The van der Waals surface area contributed by atoms with Gasteiger partial charge in [-0.15, -0.1) is 0 Å². The molecular formula is C19H25N3O4S. The first kappa shape index (κ1) is 19.4. The normalized spacial score (nSPS) is 16.9. The van der Waals surface area contributed by atoms with Gasteiger partial charge in [-0.25, -0.2) is 13.4 Å². The van der Waals surface area contributed by atoms with Crippen LogP contribution in [0, 0.1) is 13.8 Å². The van der Waals surface area contributed by atoms with Gasteiger partial charge in [0.1, 0.15) is 16.5 Å². The quantitative estimate of drug-likeness (QED) is 0.754. The van der Waals surface area contributed by atoms with Crippen LogP contribution < -0.4 is 14.8 Å². The number of benzene rings is 1. The molecule has 1 aromatic carbocycles. The Labute approximate surface area is 160 Å². The standard InChI is InChI=1S/C19H25N3O4S/c1-13-9-17(25-3)18(10-14(13)2)27(23,24)22-15-6-7-19(20-11-15)21-12-16-5-4-8-26-16/h6-7,9-11,16,22H,4-5,8,12H2,1-3H3,(H,20,21). The summed E-state index contributed by atoms with van der Waals surface area (Å²) in [4.78, 5) is 4.37. The fourth-order valence-electron chi connectivity index (χ4n) is 2.93. The molecule has 7 nitrogen and oxygen atoms in total. The molecule has 1 unspecified atom stereocenters. The Morgan fingerprint density at radius 2 is 2.04 bits per heavy atom. The van der Waals surface area contributed by atoms with Crippen molar-refractivity contribution in [2.24, 2.45) is 0 Å². The molecule has 0 radical (unpaired) electrons. The van der Waals surface area contributed by atoms with E-state index in [9.17, 15) is 8.42 Å². The molecule has 0 amide bonds. The van der Waals surface area contributed by atoms with Gasteiger partial charge in [-0.2, -0.15) is 0 Å². The Hall–Kier alpha value is -2.32. The van der Waals surface area contributed by atoms with E-state index in [1.54, 1.807) is 24.3 Å². The highest BCUT2D eigenvalue weighted by molar-refractivity contribution is 7.92. The van der Waals surface area contributed by atoms with E-state index in [4.69, 9.17) is 9.47 Å². The number of nitrogens with zero attached hydrogens (tertiary/aromatic N) is 1. The van der Waals surface area contributed by atoms with Gasteiger partial charge in [0.2, 0.25) is 0 Å². The van der Waals surface area contributed by atoms with Crippen LogP contribution in [0.3, 0.4) is 0 Å². The molecule has 146 valence electrons. The molecule has 0 bridgehead atoms. The van der Waals surface area contributed by atoms with Crippen LogP contribution in [0.2, 0.25) is 0 Å². The summed E-state index contributed by atoms with van der Waals surface area (Å²) < 4.78 is 38.9. The van der Waals surface area contributed by atoms with Crippen LogP contribution in [0.25, 0.3) is 0 Å². The Kier molecular flexibility index (Phi) is 5.86. The average molecular weight is 391 g/mol. The van der Waals surface area contributed by atoms with Crippen LogP contribution in [-0.4, -0.2) is 39.8 Å². The molecule has 0 spiro atoms. The van der Waals surface area contributed by atoms with Crippen LogP contribution in [-0.2, 0) is 14.8 Å². The van der Waals surface area contributed by atoms with Crippen molar-refractivity contribution in [2.45, 2.75) is 37.7 Å². The predicted molar refractivity (Wildman–Crippen MR) is 105 cm³/mol. The van der Waals surface area contributed by atoms with Crippen molar-refractivity contribution in [3.63, 3.8) is 0 Å². The number of aryl methyl sites for hydroxylation is 2. The Morgan fingerprint density at radius 1 is 1.26 bits per heavy atom. The summed E-state index contributed by atoms with van der Waals surface area (Å²) in [5.41, 5.74) is 2.23. The molecule has 3 rings (SSSR count). The van der Waals surface area contributed by atoms with Gasteiger partial charge in [-0.1, -0.05) is 0 Å². The van der Waals surface area contributed by atoms with Gasteiger partial charge in [-0.05, 0) is 62.1 Å². The molecule has 27 heavy (non-hydrogen) atoms. The van der Waals surface area contributed by atoms with Crippen molar-refractivity contribution in [2.75, 3.05) is 30.3 Å². The number of methoxy groups -OCH3 is 1. The van der Waals surface area contributed by atoms with Gasteiger partial charge in [0.05, 0.1) is 25.1 Å². The number of rotatable bonds is 7. The van der Waals surface area contributed by atoms with Gasteiger partial charge in [0, 0.05) is 13.2 Å². The van der Waals surface area contributed by atoms with Crippen LogP contribution in [0.1, 0.15) is 24.0 Å². The Morgan fingerprint density at radius 3 is 2.67 bits per heavy atom. The van der Waals surface area contributed by atoms with E-state index >= 15 is 0 Å². The summed E-state index contributed by atoms with van der Waals surface area (Å²) in [5.74, 6) is 0.991. The molecule has 1 aliphatic rings. The first-order valence-electron chi connectivity index (χ1n) is 8.88. The monoisotopic (exact) mass is 391 g/mol. The second kappa shape index (κ2) is 8.14. The highest BCUT2D eigenvalue weighted by Crippen LogP contribution is 2.29. The van der Waals surface area contributed by atoms with Crippen molar-refractivity contribution in [1.82, 2.24) is 4.98 Å². The Bertz CT molecular complexity index is 892. The summed E-state index contributed by atoms with van der Waals surface area (Å²) in [6, 6.07) is 6.75. The van der Waals surface area contributed by atoms with E-state index < -0.39 is 10.0 Å². The number of pyridine rings is 1. The van der Waals surface area contributed by atoms with E-state index in [0.717, 1.165) is 30.6 Å². The van der Waals surface area contributed by atoms with Crippen LogP contribution in [0.15, 0.2) is 35.4 Å². The first-order valence-corrected chi connectivity index (χ1v) is 10.4. The van der Waals surface area contributed by atoms with E-state index in [-0.39, 0.29) is 11.0 Å². The fourth-order valence-corrected chi connectivity index (χ4v) is 4.21. The lowest BCUT2D eigenvalue weighted by Crippen LogP contribution is -2.19. The second-order valence-corrected chi connectivity index (χ2v) is 8.29. The van der Waals surface area contributed by atoms with E-state index in [2.05, 4.69) is 15.0 Å². The van der Waals surface area contributed by atoms with Crippen molar-refractivity contribution in [3.05, 3.63) is 41.6 Å². The molecule has 8 heteroatoms. The number of aromatic nitrogens is 1. The molecule has 2 aromatic rings. The summed E-state index contributed by atoms with van der Waals surface area (Å²) in [6.45, 7) is 5.28. The highest BCUT2D eigenvalue weighted by atomic mass is 32.2. The lowest BCUT2D eigenvalue weighted by atomic mass is 10.1. The molecule has 1 saturated heterocycles. The van der Waals surface area contributed by atoms with Crippen molar-refractivity contribution < 1.29 is 17.9 Å². The highest BCUT2D eigenvalue weighted by Gasteiger charge is 2.21.